The molecule has 0 bridgehead atoms. The van der Waals surface area contributed by atoms with Crippen molar-refractivity contribution in [2.75, 3.05) is 0 Å². The average Bonchev–Trinajstić information content (AvgIpc) is 2.29. The molecule has 0 unspecified atom stereocenters. The highest BCUT2D eigenvalue weighted by Crippen LogP contribution is 1.99. The summed E-state index contributed by atoms with van der Waals surface area (Å²) < 4.78 is 0. The SMILES string of the molecule is CCC(=O)[C@@H](C)NC(=O)c1ccccc1. The fourth-order valence-electron chi connectivity index (χ4n) is 1.26. The molecule has 1 aromatic rings. The molecular weight excluding hydrogens is 190 g/mol. The van der Waals surface area contributed by atoms with Gasteiger partial charge in [-0.05, 0) is 19.1 Å². The predicted octanol–water partition coefficient (Wildman–Crippen LogP) is 1.78. The molecule has 15 heavy (non-hydrogen) atoms. The van der Waals surface area contributed by atoms with E-state index in [0.717, 1.165) is 0 Å². The third-order valence-electron chi connectivity index (χ3n) is 2.22. The lowest BCUT2D eigenvalue weighted by Gasteiger charge is -2.11. The first kappa shape index (κ1) is 11.4. The summed E-state index contributed by atoms with van der Waals surface area (Å²) in [4.78, 5) is 22.9. The maximum Gasteiger partial charge on any atom is 0.251 e. The van der Waals surface area contributed by atoms with E-state index in [0.29, 0.717) is 12.0 Å². The van der Waals surface area contributed by atoms with Gasteiger partial charge in [0.2, 0.25) is 0 Å². The van der Waals surface area contributed by atoms with Gasteiger partial charge in [-0.2, -0.15) is 0 Å². The van der Waals surface area contributed by atoms with Crippen LogP contribution in [0.15, 0.2) is 30.3 Å². The second-order valence-electron chi connectivity index (χ2n) is 3.38. The lowest BCUT2D eigenvalue weighted by Crippen LogP contribution is -2.38. The van der Waals surface area contributed by atoms with Crippen molar-refractivity contribution in [3.05, 3.63) is 35.9 Å². The van der Waals surface area contributed by atoms with Crippen molar-refractivity contribution >= 4 is 11.7 Å². The molecule has 0 radical (unpaired) electrons. The number of rotatable bonds is 4. The zero-order valence-corrected chi connectivity index (χ0v) is 8.99. The van der Waals surface area contributed by atoms with Gasteiger partial charge in [-0.15, -0.1) is 0 Å². The van der Waals surface area contributed by atoms with Crippen LogP contribution in [0.3, 0.4) is 0 Å². The molecule has 80 valence electrons. The van der Waals surface area contributed by atoms with Crippen molar-refractivity contribution in [2.24, 2.45) is 0 Å². The number of carbonyl (C=O) groups is 2. The van der Waals surface area contributed by atoms with Gasteiger partial charge in [0.25, 0.3) is 5.91 Å². The Morgan fingerprint density at radius 2 is 1.87 bits per heavy atom. The van der Waals surface area contributed by atoms with Crippen LogP contribution in [0.2, 0.25) is 0 Å². The highest BCUT2D eigenvalue weighted by molar-refractivity contribution is 5.97. The summed E-state index contributed by atoms with van der Waals surface area (Å²) in [6.45, 7) is 3.49. The fourth-order valence-corrected chi connectivity index (χ4v) is 1.26. The molecule has 0 saturated heterocycles. The van der Waals surface area contributed by atoms with Crippen LogP contribution in [-0.4, -0.2) is 17.7 Å². The molecule has 0 heterocycles. The molecule has 0 aromatic heterocycles. The topological polar surface area (TPSA) is 46.2 Å². The smallest absolute Gasteiger partial charge is 0.251 e. The predicted molar refractivity (Wildman–Crippen MR) is 58.7 cm³/mol. The molecule has 0 spiro atoms. The second-order valence-corrected chi connectivity index (χ2v) is 3.38. The van der Waals surface area contributed by atoms with E-state index in [9.17, 15) is 9.59 Å². The van der Waals surface area contributed by atoms with E-state index in [1.807, 2.05) is 6.07 Å². The van der Waals surface area contributed by atoms with E-state index in [2.05, 4.69) is 5.32 Å². The van der Waals surface area contributed by atoms with Crippen molar-refractivity contribution in [3.63, 3.8) is 0 Å². The van der Waals surface area contributed by atoms with E-state index < -0.39 is 6.04 Å². The third kappa shape index (κ3) is 3.20. The average molecular weight is 205 g/mol. The molecule has 1 atom stereocenters. The minimum atomic E-state index is -0.414. The Balaban J connectivity index is 2.61. The van der Waals surface area contributed by atoms with Crippen LogP contribution < -0.4 is 5.32 Å². The summed E-state index contributed by atoms with van der Waals surface area (Å²) in [5.41, 5.74) is 0.577. The standard InChI is InChI=1S/C12H15NO2/c1-3-11(14)9(2)13-12(15)10-7-5-4-6-8-10/h4-9H,3H2,1-2H3,(H,13,15)/t9-/m1/s1. The monoisotopic (exact) mass is 205 g/mol. The van der Waals surface area contributed by atoms with Crippen LogP contribution in [0.4, 0.5) is 0 Å². The van der Waals surface area contributed by atoms with Crippen LogP contribution in [0.25, 0.3) is 0 Å². The van der Waals surface area contributed by atoms with Gasteiger partial charge in [-0.25, -0.2) is 0 Å². The largest absolute Gasteiger partial charge is 0.343 e. The summed E-state index contributed by atoms with van der Waals surface area (Å²) in [5, 5.41) is 2.66. The number of hydrogen-bond donors (Lipinski definition) is 1. The quantitative estimate of drug-likeness (QED) is 0.814. The lowest BCUT2D eigenvalue weighted by molar-refractivity contribution is -0.120. The highest BCUT2D eigenvalue weighted by Gasteiger charge is 2.14. The van der Waals surface area contributed by atoms with Gasteiger partial charge in [-0.1, -0.05) is 25.1 Å². The fraction of sp³-hybridized carbons (Fsp3) is 0.333. The molecule has 0 aliphatic carbocycles. The first-order valence-electron chi connectivity index (χ1n) is 5.03. The number of ketones is 1. The van der Waals surface area contributed by atoms with E-state index in [1.54, 1.807) is 38.1 Å². The second kappa shape index (κ2) is 5.29. The van der Waals surface area contributed by atoms with Crippen molar-refractivity contribution in [1.82, 2.24) is 5.32 Å². The number of Topliss-reactive ketones (excluding diaryl/α,β-unsaturated/α-hetero) is 1. The summed E-state index contributed by atoms with van der Waals surface area (Å²) in [7, 11) is 0. The Bertz CT molecular complexity index is 346. The number of amides is 1. The van der Waals surface area contributed by atoms with Gasteiger partial charge in [0.1, 0.15) is 0 Å². The minimum Gasteiger partial charge on any atom is -0.343 e. The maximum atomic E-state index is 11.6. The Kier molecular flexibility index (Phi) is 4.03. The molecule has 0 aliphatic heterocycles. The number of carbonyl (C=O) groups excluding carboxylic acids is 2. The number of benzene rings is 1. The number of hydrogen-bond acceptors (Lipinski definition) is 2. The molecule has 3 heteroatoms. The minimum absolute atomic E-state index is 0.0410. The molecule has 1 aromatic carbocycles. The number of nitrogens with one attached hydrogen (secondary N) is 1. The van der Waals surface area contributed by atoms with Crippen LogP contribution in [0, 0.1) is 0 Å². The Hall–Kier alpha value is -1.64. The molecule has 3 nitrogen and oxygen atoms in total. The molecule has 1 rings (SSSR count). The van der Waals surface area contributed by atoms with E-state index >= 15 is 0 Å². The van der Waals surface area contributed by atoms with Crippen molar-refractivity contribution in [1.29, 1.82) is 0 Å². The van der Waals surface area contributed by atoms with Gasteiger partial charge < -0.3 is 5.32 Å². The van der Waals surface area contributed by atoms with Gasteiger partial charge in [0.15, 0.2) is 5.78 Å². The van der Waals surface area contributed by atoms with Gasteiger partial charge in [0, 0.05) is 12.0 Å². The molecule has 1 amide bonds. The van der Waals surface area contributed by atoms with E-state index in [1.165, 1.54) is 0 Å². The van der Waals surface area contributed by atoms with Gasteiger partial charge >= 0.3 is 0 Å². The molecule has 0 saturated carbocycles. The normalized spacial score (nSPS) is 11.9. The Morgan fingerprint density at radius 3 is 2.40 bits per heavy atom. The summed E-state index contributed by atoms with van der Waals surface area (Å²) in [5.74, 6) is -0.163. The third-order valence-corrected chi connectivity index (χ3v) is 2.22. The van der Waals surface area contributed by atoms with Crippen LogP contribution in [0.5, 0.6) is 0 Å². The Labute approximate surface area is 89.5 Å². The molecule has 1 N–H and O–H groups in total. The zero-order valence-electron chi connectivity index (χ0n) is 8.99. The van der Waals surface area contributed by atoms with Gasteiger partial charge in [-0.3, -0.25) is 9.59 Å². The van der Waals surface area contributed by atoms with Crippen molar-refractivity contribution in [2.45, 2.75) is 26.3 Å². The molecule has 0 fully saturated rings. The molecule has 0 aliphatic rings. The van der Waals surface area contributed by atoms with E-state index in [-0.39, 0.29) is 11.7 Å². The maximum absolute atomic E-state index is 11.6. The van der Waals surface area contributed by atoms with Crippen molar-refractivity contribution < 1.29 is 9.59 Å². The van der Waals surface area contributed by atoms with Crippen LogP contribution >= 0.6 is 0 Å². The molecular formula is C12H15NO2. The van der Waals surface area contributed by atoms with Gasteiger partial charge in [0.05, 0.1) is 6.04 Å². The first-order chi connectivity index (χ1) is 7.15. The summed E-state index contributed by atoms with van der Waals surface area (Å²) in [6.07, 6.45) is 0.441. The lowest BCUT2D eigenvalue weighted by atomic mass is 10.1. The summed E-state index contributed by atoms with van der Waals surface area (Å²) in [6, 6.07) is 8.46. The van der Waals surface area contributed by atoms with Crippen LogP contribution in [0.1, 0.15) is 30.6 Å². The van der Waals surface area contributed by atoms with Crippen LogP contribution in [-0.2, 0) is 4.79 Å². The van der Waals surface area contributed by atoms with E-state index in [4.69, 9.17) is 0 Å². The zero-order chi connectivity index (χ0) is 11.3. The highest BCUT2D eigenvalue weighted by atomic mass is 16.2. The van der Waals surface area contributed by atoms with Crippen molar-refractivity contribution in [3.8, 4) is 0 Å². The first-order valence-corrected chi connectivity index (χ1v) is 5.03. The summed E-state index contributed by atoms with van der Waals surface area (Å²) >= 11 is 0. The Morgan fingerprint density at radius 1 is 1.27 bits per heavy atom.